The molecule has 0 spiro atoms. The number of carbonyl (C=O) groups excluding carboxylic acids is 1. The van der Waals surface area contributed by atoms with E-state index >= 15 is 0 Å². The summed E-state index contributed by atoms with van der Waals surface area (Å²) >= 11 is 1.25. The molecule has 3 heterocycles. The number of aryl methyl sites for hydroxylation is 2. The maximum absolute atomic E-state index is 12.6. The molecule has 0 saturated heterocycles. The molecular formula is C18H19N5O2S. The fraction of sp³-hybridized carbons (Fsp3) is 0.389. The van der Waals surface area contributed by atoms with Gasteiger partial charge in [0.2, 0.25) is 0 Å². The average molecular weight is 369 g/mol. The molecule has 0 amide bonds. The van der Waals surface area contributed by atoms with Crippen LogP contribution in [-0.2, 0) is 13.0 Å². The third kappa shape index (κ3) is 3.50. The maximum atomic E-state index is 12.6. The number of thiazole rings is 1. The van der Waals surface area contributed by atoms with Crippen molar-refractivity contribution in [3.05, 3.63) is 57.5 Å². The minimum Gasteiger partial charge on any atom is -0.293 e. The summed E-state index contributed by atoms with van der Waals surface area (Å²) in [5, 5.41) is 4.67. The molecule has 0 bridgehead atoms. The fourth-order valence-electron chi connectivity index (χ4n) is 2.78. The predicted octanol–water partition coefficient (Wildman–Crippen LogP) is 2.42. The number of Topliss-reactive ketones (excluding diaryl/α,β-unsaturated/α-hetero) is 1. The minimum absolute atomic E-state index is 0.0234. The molecule has 4 rings (SSSR count). The summed E-state index contributed by atoms with van der Waals surface area (Å²) in [6, 6.07) is 5.67. The molecule has 26 heavy (non-hydrogen) atoms. The highest BCUT2D eigenvalue weighted by molar-refractivity contribution is 7.16. The van der Waals surface area contributed by atoms with Gasteiger partial charge in [-0.15, -0.1) is 0 Å². The molecule has 3 aromatic heterocycles. The summed E-state index contributed by atoms with van der Waals surface area (Å²) in [6.07, 6.45) is 6.49. The summed E-state index contributed by atoms with van der Waals surface area (Å²) in [5.41, 5.74) is 1.34. The molecule has 0 aromatic carbocycles. The standard InChI is InChI=1S/C18H19N5O2S/c1-12-16(15(24)8-7-14-4-2-3-9-19-14)26-17(21-12)22-11-20-23(18(22)25)10-13-5-6-13/h2-4,9,11,13H,5-8,10H2,1H3. The SMILES string of the molecule is Cc1nc(-n2cnn(CC3CC3)c2=O)sc1C(=O)CCc1ccccn1. The van der Waals surface area contributed by atoms with Crippen molar-refractivity contribution in [3.8, 4) is 5.13 Å². The monoisotopic (exact) mass is 369 g/mol. The lowest BCUT2D eigenvalue weighted by Crippen LogP contribution is -2.24. The van der Waals surface area contributed by atoms with Crippen LogP contribution in [0.3, 0.4) is 0 Å². The molecule has 0 atom stereocenters. The summed E-state index contributed by atoms with van der Waals surface area (Å²) in [6.45, 7) is 2.46. The van der Waals surface area contributed by atoms with Gasteiger partial charge in [0.25, 0.3) is 0 Å². The van der Waals surface area contributed by atoms with Gasteiger partial charge in [0.05, 0.1) is 10.6 Å². The van der Waals surface area contributed by atoms with Crippen LogP contribution in [0, 0.1) is 12.8 Å². The molecule has 1 aliphatic rings. The first-order valence-electron chi connectivity index (χ1n) is 8.67. The highest BCUT2D eigenvalue weighted by atomic mass is 32.1. The van der Waals surface area contributed by atoms with Crippen LogP contribution in [0.5, 0.6) is 0 Å². The Kier molecular flexibility index (Phi) is 4.50. The summed E-state index contributed by atoms with van der Waals surface area (Å²) < 4.78 is 2.91. The van der Waals surface area contributed by atoms with Crippen molar-refractivity contribution >= 4 is 17.1 Å². The molecule has 1 aliphatic carbocycles. The van der Waals surface area contributed by atoms with E-state index in [0.29, 0.717) is 41.0 Å². The van der Waals surface area contributed by atoms with E-state index < -0.39 is 0 Å². The molecule has 1 fully saturated rings. The van der Waals surface area contributed by atoms with E-state index in [1.165, 1.54) is 26.9 Å². The number of ketones is 1. The van der Waals surface area contributed by atoms with E-state index in [4.69, 9.17) is 0 Å². The van der Waals surface area contributed by atoms with Gasteiger partial charge in [-0.3, -0.25) is 9.78 Å². The third-order valence-electron chi connectivity index (χ3n) is 4.44. The topological polar surface area (TPSA) is 82.7 Å². The van der Waals surface area contributed by atoms with Gasteiger partial charge in [0.1, 0.15) is 6.33 Å². The van der Waals surface area contributed by atoms with Crippen molar-refractivity contribution in [1.82, 2.24) is 24.3 Å². The Morgan fingerprint density at radius 3 is 2.92 bits per heavy atom. The number of pyridine rings is 1. The van der Waals surface area contributed by atoms with E-state index in [1.54, 1.807) is 13.1 Å². The van der Waals surface area contributed by atoms with Crippen LogP contribution in [0.1, 0.15) is 40.3 Å². The van der Waals surface area contributed by atoms with Gasteiger partial charge in [0, 0.05) is 24.9 Å². The Morgan fingerprint density at radius 1 is 1.35 bits per heavy atom. The van der Waals surface area contributed by atoms with Crippen molar-refractivity contribution in [2.45, 2.75) is 39.2 Å². The van der Waals surface area contributed by atoms with Gasteiger partial charge in [-0.25, -0.2) is 19.0 Å². The zero-order valence-corrected chi connectivity index (χ0v) is 15.3. The van der Waals surface area contributed by atoms with E-state index in [2.05, 4.69) is 15.1 Å². The summed E-state index contributed by atoms with van der Waals surface area (Å²) in [5.74, 6) is 0.591. The maximum Gasteiger partial charge on any atom is 0.352 e. The van der Waals surface area contributed by atoms with Crippen LogP contribution >= 0.6 is 11.3 Å². The molecule has 0 unspecified atom stereocenters. The van der Waals surface area contributed by atoms with Crippen LogP contribution in [0.15, 0.2) is 35.5 Å². The van der Waals surface area contributed by atoms with Crippen LogP contribution in [0.2, 0.25) is 0 Å². The highest BCUT2D eigenvalue weighted by Crippen LogP contribution is 2.30. The second kappa shape index (κ2) is 6.95. The van der Waals surface area contributed by atoms with Crippen molar-refractivity contribution in [2.24, 2.45) is 5.92 Å². The number of nitrogens with zero attached hydrogens (tertiary/aromatic N) is 5. The highest BCUT2D eigenvalue weighted by Gasteiger charge is 2.24. The Hall–Kier alpha value is -2.61. The van der Waals surface area contributed by atoms with Gasteiger partial charge in [-0.05, 0) is 44.2 Å². The Morgan fingerprint density at radius 2 is 2.19 bits per heavy atom. The predicted molar refractivity (Wildman–Crippen MR) is 97.8 cm³/mol. The Labute approximate surface area is 154 Å². The Bertz CT molecular complexity index is 985. The van der Waals surface area contributed by atoms with Crippen molar-refractivity contribution in [1.29, 1.82) is 0 Å². The second-order valence-electron chi connectivity index (χ2n) is 6.56. The summed E-state index contributed by atoms with van der Waals surface area (Å²) in [4.78, 5) is 34.3. The minimum atomic E-state index is -0.196. The van der Waals surface area contributed by atoms with E-state index in [0.717, 1.165) is 18.5 Å². The molecule has 0 radical (unpaired) electrons. The van der Waals surface area contributed by atoms with E-state index in [9.17, 15) is 9.59 Å². The lowest BCUT2D eigenvalue weighted by atomic mass is 10.1. The van der Waals surface area contributed by atoms with Crippen LogP contribution in [-0.4, -0.2) is 30.1 Å². The second-order valence-corrected chi connectivity index (χ2v) is 7.54. The molecule has 8 heteroatoms. The quantitative estimate of drug-likeness (QED) is 0.597. The number of aromatic nitrogens is 5. The molecule has 1 saturated carbocycles. The number of rotatable bonds is 7. The molecule has 134 valence electrons. The van der Waals surface area contributed by atoms with E-state index in [1.807, 2.05) is 18.2 Å². The molecule has 3 aromatic rings. The van der Waals surface area contributed by atoms with Gasteiger partial charge < -0.3 is 0 Å². The number of carbonyl (C=O) groups is 1. The number of hydrogen-bond donors (Lipinski definition) is 0. The normalized spacial score (nSPS) is 13.9. The van der Waals surface area contributed by atoms with Crippen molar-refractivity contribution in [2.75, 3.05) is 0 Å². The van der Waals surface area contributed by atoms with Crippen molar-refractivity contribution < 1.29 is 4.79 Å². The van der Waals surface area contributed by atoms with Gasteiger partial charge in [-0.2, -0.15) is 5.10 Å². The first-order valence-corrected chi connectivity index (χ1v) is 9.49. The largest absolute Gasteiger partial charge is 0.352 e. The first-order chi connectivity index (χ1) is 12.6. The van der Waals surface area contributed by atoms with Crippen LogP contribution in [0.4, 0.5) is 0 Å². The van der Waals surface area contributed by atoms with Gasteiger partial charge in [-0.1, -0.05) is 17.4 Å². The molecule has 0 N–H and O–H groups in total. The van der Waals surface area contributed by atoms with E-state index in [-0.39, 0.29) is 11.5 Å². The lowest BCUT2D eigenvalue weighted by Gasteiger charge is -1.99. The van der Waals surface area contributed by atoms with Gasteiger partial charge in [0.15, 0.2) is 10.9 Å². The summed E-state index contributed by atoms with van der Waals surface area (Å²) in [7, 11) is 0. The zero-order valence-electron chi connectivity index (χ0n) is 14.5. The first kappa shape index (κ1) is 16.8. The number of hydrogen-bond acceptors (Lipinski definition) is 6. The fourth-order valence-corrected chi connectivity index (χ4v) is 3.78. The van der Waals surface area contributed by atoms with Crippen LogP contribution < -0.4 is 5.69 Å². The molecule has 0 aliphatic heterocycles. The average Bonchev–Trinajstić information content (AvgIpc) is 3.28. The Balaban J connectivity index is 1.51. The zero-order chi connectivity index (χ0) is 18.1. The van der Waals surface area contributed by atoms with Crippen molar-refractivity contribution in [3.63, 3.8) is 0 Å². The third-order valence-corrected chi connectivity index (χ3v) is 5.64. The molecular weight excluding hydrogens is 350 g/mol. The van der Waals surface area contributed by atoms with Gasteiger partial charge >= 0.3 is 5.69 Å². The molecule has 7 nitrogen and oxygen atoms in total. The van der Waals surface area contributed by atoms with Crippen LogP contribution in [0.25, 0.3) is 5.13 Å². The lowest BCUT2D eigenvalue weighted by molar-refractivity contribution is 0.0985. The smallest absolute Gasteiger partial charge is 0.293 e.